The van der Waals surface area contributed by atoms with E-state index in [1.807, 2.05) is 37.3 Å². The summed E-state index contributed by atoms with van der Waals surface area (Å²) in [4.78, 5) is 11.8. The molecule has 0 radical (unpaired) electrons. The monoisotopic (exact) mass is 357 g/mol. The maximum Gasteiger partial charge on any atom is 0.259 e. The van der Waals surface area contributed by atoms with Gasteiger partial charge in [0, 0.05) is 5.69 Å². The number of nitrogens with one attached hydrogen (secondary N) is 2. The predicted octanol–water partition coefficient (Wildman–Crippen LogP) is 2.66. The number of hydrogen-bond donors (Lipinski definition) is 2. The number of rotatable bonds is 9. The Kier molecular flexibility index (Phi) is 7.30. The molecule has 0 bridgehead atoms. The van der Waals surface area contributed by atoms with Crippen molar-refractivity contribution in [3.63, 3.8) is 0 Å². The van der Waals surface area contributed by atoms with Crippen LogP contribution in [-0.2, 0) is 4.79 Å². The lowest BCUT2D eigenvalue weighted by atomic mass is 10.2. The Hall–Kier alpha value is -3.22. The van der Waals surface area contributed by atoms with Gasteiger partial charge in [-0.25, -0.2) is 5.43 Å². The molecular formula is C19H23N3O4. The van der Waals surface area contributed by atoms with E-state index >= 15 is 0 Å². The molecule has 2 N–H and O–H groups in total. The molecule has 0 spiro atoms. The number of amides is 1. The van der Waals surface area contributed by atoms with Crippen molar-refractivity contribution in [1.29, 1.82) is 0 Å². The predicted molar refractivity (Wildman–Crippen MR) is 101 cm³/mol. The Morgan fingerprint density at radius 2 is 1.85 bits per heavy atom. The van der Waals surface area contributed by atoms with Crippen LogP contribution in [0.5, 0.6) is 17.2 Å². The lowest BCUT2D eigenvalue weighted by Crippen LogP contribution is -2.25. The van der Waals surface area contributed by atoms with E-state index in [2.05, 4.69) is 15.8 Å². The Morgan fingerprint density at radius 1 is 1.08 bits per heavy atom. The zero-order chi connectivity index (χ0) is 18.8. The van der Waals surface area contributed by atoms with Crippen molar-refractivity contribution >= 4 is 17.8 Å². The number of benzene rings is 2. The summed E-state index contributed by atoms with van der Waals surface area (Å²) >= 11 is 0. The lowest BCUT2D eigenvalue weighted by molar-refractivity contribution is -0.119. The van der Waals surface area contributed by atoms with Gasteiger partial charge in [0.15, 0.2) is 11.5 Å². The van der Waals surface area contributed by atoms with Crippen LogP contribution < -0.4 is 25.0 Å². The van der Waals surface area contributed by atoms with E-state index in [1.165, 1.54) is 0 Å². The van der Waals surface area contributed by atoms with E-state index in [4.69, 9.17) is 14.2 Å². The summed E-state index contributed by atoms with van der Waals surface area (Å²) in [5.74, 6) is 1.79. The number of anilines is 1. The second kappa shape index (κ2) is 9.93. The van der Waals surface area contributed by atoms with Crippen molar-refractivity contribution in [2.24, 2.45) is 5.10 Å². The number of methoxy groups -OCH3 is 2. The van der Waals surface area contributed by atoms with Crippen LogP contribution in [0.3, 0.4) is 0 Å². The van der Waals surface area contributed by atoms with Crippen molar-refractivity contribution in [2.75, 3.05) is 32.7 Å². The molecule has 0 saturated heterocycles. The third-order valence-electron chi connectivity index (χ3n) is 3.43. The molecule has 26 heavy (non-hydrogen) atoms. The van der Waals surface area contributed by atoms with Gasteiger partial charge in [-0.1, -0.05) is 0 Å². The Morgan fingerprint density at radius 3 is 2.50 bits per heavy atom. The summed E-state index contributed by atoms with van der Waals surface area (Å²) in [7, 11) is 3.18. The second-order valence-electron chi connectivity index (χ2n) is 5.22. The first-order valence-electron chi connectivity index (χ1n) is 8.17. The first-order valence-corrected chi connectivity index (χ1v) is 8.17. The summed E-state index contributed by atoms with van der Waals surface area (Å²) in [6, 6.07) is 12.7. The quantitative estimate of drug-likeness (QED) is 0.533. The van der Waals surface area contributed by atoms with Crippen LogP contribution >= 0.6 is 0 Å². The standard InChI is InChI=1S/C19H23N3O4/c1-4-26-17-10-5-14(11-18(17)25-3)12-21-22-19(23)13-20-15-6-8-16(24-2)9-7-15/h5-12,20H,4,13H2,1-3H3,(H,22,23)/b21-12-. The summed E-state index contributed by atoms with van der Waals surface area (Å²) in [5.41, 5.74) is 4.08. The molecular weight excluding hydrogens is 334 g/mol. The summed E-state index contributed by atoms with van der Waals surface area (Å²) < 4.78 is 15.8. The number of carbonyl (C=O) groups excluding carboxylic acids is 1. The van der Waals surface area contributed by atoms with Crippen molar-refractivity contribution in [3.05, 3.63) is 48.0 Å². The molecule has 1 amide bonds. The normalized spacial score (nSPS) is 10.4. The number of ether oxygens (including phenoxy) is 3. The highest BCUT2D eigenvalue weighted by molar-refractivity contribution is 5.84. The summed E-state index contributed by atoms with van der Waals surface area (Å²) in [6.07, 6.45) is 1.55. The number of nitrogens with zero attached hydrogens (tertiary/aromatic N) is 1. The second-order valence-corrected chi connectivity index (χ2v) is 5.22. The van der Waals surface area contributed by atoms with E-state index in [1.54, 1.807) is 32.6 Å². The van der Waals surface area contributed by atoms with Gasteiger partial charge in [0.2, 0.25) is 0 Å². The SMILES string of the molecule is CCOc1ccc(/C=N\NC(=O)CNc2ccc(OC)cc2)cc1OC. The fourth-order valence-electron chi connectivity index (χ4n) is 2.15. The number of hydrazone groups is 1. The van der Waals surface area contributed by atoms with E-state index in [-0.39, 0.29) is 12.5 Å². The highest BCUT2D eigenvalue weighted by Crippen LogP contribution is 2.27. The van der Waals surface area contributed by atoms with Crippen molar-refractivity contribution in [3.8, 4) is 17.2 Å². The average molecular weight is 357 g/mol. The van der Waals surface area contributed by atoms with Gasteiger partial charge in [0.05, 0.1) is 33.6 Å². The molecule has 0 fully saturated rings. The summed E-state index contributed by atoms with van der Waals surface area (Å²) in [5, 5.41) is 6.96. The molecule has 138 valence electrons. The highest BCUT2D eigenvalue weighted by Gasteiger charge is 2.04. The van der Waals surface area contributed by atoms with E-state index in [0.29, 0.717) is 18.1 Å². The number of carbonyl (C=O) groups is 1. The van der Waals surface area contributed by atoms with Crippen LogP contribution in [0.15, 0.2) is 47.6 Å². The molecule has 2 aromatic carbocycles. The molecule has 0 aliphatic rings. The molecule has 2 aromatic rings. The molecule has 7 nitrogen and oxygen atoms in total. The molecule has 7 heteroatoms. The van der Waals surface area contributed by atoms with Crippen LogP contribution in [0, 0.1) is 0 Å². The molecule has 0 unspecified atom stereocenters. The minimum absolute atomic E-state index is 0.107. The van der Waals surface area contributed by atoms with Gasteiger partial charge in [-0.05, 0) is 55.0 Å². The van der Waals surface area contributed by atoms with Gasteiger partial charge in [-0.2, -0.15) is 5.10 Å². The molecule has 2 rings (SSSR count). The Labute approximate surface area is 153 Å². The van der Waals surface area contributed by atoms with Gasteiger partial charge >= 0.3 is 0 Å². The molecule has 0 aliphatic heterocycles. The maximum atomic E-state index is 11.8. The third kappa shape index (κ3) is 5.70. The van der Waals surface area contributed by atoms with Crippen molar-refractivity contribution in [1.82, 2.24) is 5.43 Å². The molecule has 0 saturated carbocycles. The van der Waals surface area contributed by atoms with Crippen LogP contribution in [0.1, 0.15) is 12.5 Å². The maximum absolute atomic E-state index is 11.8. The minimum Gasteiger partial charge on any atom is -0.497 e. The topological polar surface area (TPSA) is 81.2 Å². The van der Waals surface area contributed by atoms with Crippen LogP contribution in [-0.4, -0.2) is 39.5 Å². The first kappa shape index (κ1) is 19.1. The molecule has 0 heterocycles. The summed E-state index contributed by atoms with van der Waals surface area (Å²) in [6.45, 7) is 2.57. The van der Waals surface area contributed by atoms with Gasteiger partial charge < -0.3 is 19.5 Å². The smallest absolute Gasteiger partial charge is 0.259 e. The zero-order valence-electron chi connectivity index (χ0n) is 15.1. The Bertz CT molecular complexity index is 745. The van der Waals surface area contributed by atoms with Crippen LogP contribution in [0.2, 0.25) is 0 Å². The van der Waals surface area contributed by atoms with Crippen LogP contribution in [0.25, 0.3) is 0 Å². The fraction of sp³-hybridized carbons (Fsp3) is 0.263. The first-order chi connectivity index (χ1) is 12.7. The van der Waals surface area contributed by atoms with Crippen LogP contribution in [0.4, 0.5) is 5.69 Å². The highest BCUT2D eigenvalue weighted by atomic mass is 16.5. The van der Waals surface area contributed by atoms with Gasteiger partial charge in [-0.3, -0.25) is 4.79 Å². The van der Waals surface area contributed by atoms with E-state index < -0.39 is 0 Å². The minimum atomic E-state index is -0.255. The average Bonchev–Trinajstić information content (AvgIpc) is 2.68. The number of hydrogen-bond acceptors (Lipinski definition) is 6. The van der Waals surface area contributed by atoms with Gasteiger partial charge in [-0.15, -0.1) is 0 Å². The molecule has 0 aromatic heterocycles. The van der Waals surface area contributed by atoms with Gasteiger partial charge in [0.25, 0.3) is 5.91 Å². The molecule has 0 atom stereocenters. The zero-order valence-corrected chi connectivity index (χ0v) is 15.1. The van der Waals surface area contributed by atoms with Crippen molar-refractivity contribution in [2.45, 2.75) is 6.92 Å². The van der Waals surface area contributed by atoms with Gasteiger partial charge in [0.1, 0.15) is 5.75 Å². The van der Waals surface area contributed by atoms with E-state index in [0.717, 1.165) is 17.0 Å². The van der Waals surface area contributed by atoms with Crippen molar-refractivity contribution < 1.29 is 19.0 Å². The lowest BCUT2D eigenvalue weighted by Gasteiger charge is -2.09. The van der Waals surface area contributed by atoms with E-state index in [9.17, 15) is 4.79 Å². The molecule has 0 aliphatic carbocycles. The fourth-order valence-corrected chi connectivity index (χ4v) is 2.15. The third-order valence-corrected chi connectivity index (χ3v) is 3.43. The Balaban J connectivity index is 1.84. The largest absolute Gasteiger partial charge is 0.497 e.